The molecule has 1 aromatic heterocycles. The lowest BCUT2D eigenvalue weighted by Gasteiger charge is -2.16. The summed E-state index contributed by atoms with van der Waals surface area (Å²) in [5, 5.41) is 4.65. The predicted molar refractivity (Wildman–Crippen MR) is 63.2 cm³/mol. The topological polar surface area (TPSA) is 21.3 Å². The molecule has 2 nitrogen and oxygen atoms in total. The number of rotatable bonds is 1. The molecule has 1 unspecified atom stereocenters. The molecule has 0 spiro atoms. The van der Waals surface area contributed by atoms with E-state index in [4.69, 9.17) is 4.74 Å². The van der Waals surface area contributed by atoms with Gasteiger partial charge in [0.2, 0.25) is 0 Å². The maximum absolute atomic E-state index is 12.6. The molecule has 1 atom stereocenters. The van der Waals surface area contributed by atoms with E-state index in [2.05, 4.69) is 5.32 Å². The van der Waals surface area contributed by atoms with Gasteiger partial charge in [-0.2, -0.15) is 13.2 Å². The average molecular weight is 288 g/mol. The minimum absolute atomic E-state index is 0. The molecule has 1 aromatic rings. The average Bonchev–Trinajstić information content (AvgIpc) is 2.44. The summed E-state index contributed by atoms with van der Waals surface area (Å²) in [6, 6.07) is 0. The number of nitrogens with one attached hydrogen (secondary N) is 1. The third kappa shape index (κ3) is 3.05. The zero-order valence-electron chi connectivity index (χ0n) is 9.13. The van der Waals surface area contributed by atoms with Crippen molar-refractivity contribution in [1.29, 1.82) is 0 Å². The lowest BCUT2D eigenvalue weighted by atomic mass is 10.0. The van der Waals surface area contributed by atoms with E-state index in [1.807, 2.05) is 0 Å². The van der Waals surface area contributed by atoms with E-state index >= 15 is 0 Å². The lowest BCUT2D eigenvalue weighted by Crippen LogP contribution is -2.18. The molecule has 0 aliphatic carbocycles. The van der Waals surface area contributed by atoms with Crippen LogP contribution in [0.2, 0.25) is 0 Å². The highest BCUT2D eigenvalue weighted by molar-refractivity contribution is 7.10. The Balaban J connectivity index is 0.00000144. The highest BCUT2D eigenvalue weighted by atomic mass is 35.5. The van der Waals surface area contributed by atoms with Gasteiger partial charge < -0.3 is 10.1 Å². The lowest BCUT2D eigenvalue weighted by molar-refractivity contribution is -0.146. The standard InChI is InChI=1S/C10H12F3NOS.ClH/c1-6(10(11,12)13)7-5-16-8-4-14-2-3-15-9(7)8;/h5-6,14H,2-4H2,1H3;1H. The van der Waals surface area contributed by atoms with Crippen LogP contribution in [0.3, 0.4) is 0 Å². The molecule has 0 saturated carbocycles. The van der Waals surface area contributed by atoms with Gasteiger partial charge in [0, 0.05) is 18.7 Å². The third-order valence-electron chi connectivity index (χ3n) is 2.61. The second kappa shape index (κ2) is 5.46. The van der Waals surface area contributed by atoms with Crippen LogP contribution < -0.4 is 10.1 Å². The van der Waals surface area contributed by atoms with Gasteiger partial charge in [0.1, 0.15) is 12.4 Å². The zero-order chi connectivity index (χ0) is 11.8. The first kappa shape index (κ1) is 14.6. The monoisotopic (exact) mass is 287 g/mol. The van der Waals surface area contributed by atoms with Crippen molar-refractivity contribution in [3.05, 3.63) is 15.8 Å². The molecule has 0 bridgehead atoms. The van der Waals surface area contributed by atoms with Gasteiger partial charge in [0.05, 0.1) is 10.8 Å². The first-order valence-corrected chi connectivity index (χ1v) is 5.88. The van der Waals surface area contributed by atoms with Crippen molar-refractivity contribution in [3.8, 4) is 5.75 Å². The van der Waals surface area contributed by atoms with Crippen molar-refractivity contribution in [2.75, 3.05) is 13.2 Å². The van der Waals surface area contributed by atoms with Crippen LogP contribution in [-0.4, -0.2) is 19.3 Å². The van der Waals surface area contributed by atoms with Crippen molar-refractivity contribution in [3.63, 3.8) is 0 Å². The highest BCUT2D eigenvalue weighted by Gasteiger charge is 2.39. The summed E-state index contributed by atoms with van der Waals surface area (Å²) < 4.78 is 43.2. The van der Waals surface area contributed by atoms with Gasteiger partial charge in [-0.25, -0.2) is 0 Å². The molecule has 17 heavy (non-hydrogen) atoms. The summed E-state index contributed by atoms with van der Waals surface area (Å²) in [7, 11) is 0. The Hall–Kier alpha value is -0.460. The number of hydrogen-bond donors (Lipinski definition) is 1. The molecule has 1 aliphatic rings. The van der Waals surface area contributed by atoms with E-state index in [0.29, 0.717) is 25.4 Å². The molecule has 0 saturated heterocycles. The van der Waals surface area contributed by atoms with Crippen molar-refractivity contribution in [1.82, 2.24) is 5.32 Å². The second-order valence-corrected chi connectivity index (χ2v) is 4.70. The number of alkyl halides is 3. The Labute approximate surface area is 108 Å². The fraction of sp³-hybridized carbons (Fsp3) is 0.600. The molecule has 2 rings (SSSR count). The van der Waals surface area contributed by atoms with Crippen LogP contribution in [0.1, 0.15) is 23.3 Å². The smallest absolute Gasteiger partial charge is 0.395 e. The van der Waals surface area contributed by atoms with Crippen molar-refractivity contribution < 1.29 is 17.9 Å². The van der Waals surface area contributed by atoms with Crippen LogP contribution >= 0.6 is 23.7 Å². The van der Waals surface area contributed by atoms with Gasteiger partial charge >= 0.3 is 6.18 Å². The van der Waals surface area contributed by atoms with E-state index in [1.54, 1.807) is 5.38 Å². The van der Waals surface area contributed by atoms with Crippen LogP contribution in [-0.2, 0) is 6.54 Å². The molecule has 0 amide bonds. The zero-order valence-corrected chi connectivity index (χ0v) is 10.8. The van der Waals surface area contributed by atoms with Gasteiger partial charge in [-0.3, -0.25) is 0 Å². The van der Waals surface area contributed by atoms with Crippen LogP contribution in [0.15, 0.2) is 5.38 Å². The normalized spacial score (nSPS) is 17.4. The fourth-order valence-electron chi connectivity index (χ4n) is 1.59. The first-order valence-electron chi connectivity index (χ1n) is 5.00. The quantitative estimate of drug-likeness (QED) is 0.855. The maximum Gasteiger partial charge on any atom is 0.395 e. The van der Waals surface area contributed by atoms with Crippen LogP contribution in [0, 0.1) is 0 Å². The minimum Gasteiger partial charge on any atom is -0.491 e. The van der Waals surface area contributed by atoms with Crippen LogP contribution in [0.5, 0.6) is 5.75 Å². The molecule has 0 radical (unpaired) electrons. The van der Waals surface area contributed by atoms with Gasteiger partial charge in [-0.05, 0) is 12.3 Å². The summed E-state index contributed by atoms with van der Waals surface area (Å²) in [6.07, 6.45) is -4.21. The Kier molecular flexibility index (Phi) is 4.69. The largest absolute Gasteiger partial charge is 0.491 e. The fourth-order valence-corrected chi connectivity index (χ4v) is 2.64. The van der Waals surface area contributed by atoms with Crippen LogP contribution in [0.4, 0.5) is 13.2 Å². The second-order valence-electron chi connectivity index (χ2n) is 3.73. The molecular formula is C10H13ClF3NOS. The van der Waals surface area contributed by atoms with Crippen molar-refractivity contribution >= 4 is 23.7 Å². The highest BCUT2D eigenvalue weighted by Crippen LogP contribution is 2.43. The molecular weight excluding hydrogens is 275 g/mol. The summed E-state index contributed by atoms with van der Waals surface area (Å²) in [6.45, 7) is 2.84. The van der Waals surface area contributed by atoms with Gasteiger partial charge in [-0.15, -0.1) is 23.7 Å². The summed E-state index contributed by atoms with van der Waals surface area (Å²) in [4.78, 5) is 0.851. The Bertz CT molecular complexity index is 380. The van der Waals surface area contributed by atoms with Gasteiger partial charge in [0.15, 0.2) is 0 Å². The SMILES string of the molecule is CC(c1csc2c1OCCNC2)C(F)(F)F.Cl. The number of fused-ring (bicyclic) bond motifs is 1. The number of ether oxygens (including phenoxy) is 1. The molecule has 2 heterocycles. The molecule has 0 aromatic carbocycles. The number of hydrogen-bond acceptors (Lipinski definition) is 3. The number of thiophene rings is 1. The maximum atomic E-state index is 12.6. The van der Waals surface area contributed by atoms with E-state index in [1.165, 1.54) is 18.3 Å². The summed E-state index contributed by atoms with van der Waals surface area (Å²) >= 11 is 1.32. The van der Waals surface area contributed by atoms with Gasteiger partial charge in [-0.1, -0.05) is 0 Å². The Morgan fingerprint density at radius 2 is 2.18 bits per heavy atom. The van der Waals surface area contributed by atoms with E-state index in [0.717, 1.165) is 4.88 Å². The van der Waals surface area contributed by atoms with E-state index < -0.39 is 12.1 Å². The first-order chi connectivity index (χ1) is 7.50. The van der Waals surface area contributed by atoms with Gasteiger partial charge in [0.25, 0.3) is 0 Å². The summed E-state index contributed by atoms with van der Waals surface area (Å²) in [5.74, 6) is -1.04. The molecule has 1 aliphatic heterocycles. The predicted octanol–water partition coefficient (Wildman–Crippen LogP) is 3.32. The van der Waals surface area contributed by atoms with Crippen molar-refractivity contribution in [2.45, 2.75) is 25.6 Å². The molecule has 1 N–H and O–H groups in total. The third-order valence-corrected chi connectivity index (χ3v) is 3.60. The minimum atomic E-state index is -4.21. The number of halogens is 4. The molecule has 0 fully saturated rings. The van der Waals surface area contributed by atoms with E-state index in [9.17, 15) is 13.2 Å². The Morgan fingerprint density at radius 1 is 1.47 bits per heavy atom. The summed E-state index contributed by atoms with van der Waals surface area (Å²) in [5.41, 5.74) is 0.260. The molecule has 98 valence electrons. The van der Waals surface area contributed by atoms with E-state index in [-0.39, 0.29) is 18.0 Å². The van der Waals surface area contributed by atoms with Crippen molar-refractivity contribution in [2.24, 2.45) is 0 Å². The molecule has 7 heteroatoms. The van der Waals surface area contributed by atoms with Crippen LogP contribution in [0.25, 0.3) is 0 Å². The Morgan fingerprint density at radius 3 is 2.82 bits per heavy atom.